The summed E-state index contributed by atoms with van der Waals surface area (Å²) in [5.41, 5.74) is 0.714. The highest BCUT2D eigenvalue weighted by Crippen LogP contribution is 2.14. The Kier molecular flexibility index (Phi) is 7.71. The van der Waals surface area contributed by atoms with E-state index in [1.54, 1.807) is 31.4 Å². The van der Waals surface area contributed by atoms with Gasteiger partial charge in [0.1, 0.15) is 5.75 Å². The molecule has 0 aliphatic heterocycles. The summed E-state index contributed by atoms with van der Waals surface area (Å²) in [6.45, 7) is 8.55. The van der Waals surface area contributed by atoms with E-state index in [4.69, 9.17) is 4.74 Å². The Morgan fingerprint density at radius 1 is 1.08 bits per heavy atom. The van der Waals surface area contributed by atoms with E-state index in [0.29, 0.717) is 12.2 Å². The highest BCUT2D eigenvalue weighted by Gasteiger charge is 2.23. The molecule has 0 fully saturated rings. The Labute approximate surface area is 144 Å². The van der Waals surface area contributed by atoms with E-state index in [2.05, 4.69) is 5.32 Å². The van der Waals surface area contributed by atoms with Crippen molar-refractivity contribution in [2.75, 3.05) is 32.6 Å². The first kappa shape index (κ1) is 20.0. The number of hydrogen-bond acceptors (Lipinski definition) is 3. The highest BCUT2D eigenvalue weighted by atomic mass is 16.5. The molecule has 0 saturated heterocycles. The van der Waals surface area contributed by atoms with Crippen LogP contribution in [0.2, 0.25) is 0 Å². The molecule has 6 nitrogen and oxygen atoms in total. The van der Waals surface area contributed by atoms with E-state index in [9.17, 15) is 9.59 Å². The lowest BCUT2D eigenvalue weighted by molar-refractivity contribution is -0.862. The fourth-order valence-electron chi connectivity index (χ4n) is 2.74. The molecule has 1 unspecified atom stereocenters. The lowest BCUT2D eigenvalue weighted by Crippen LogP contribution is -3.11. The molecule has 134 valence electrons. The van der Waals surface area contributed by atoms with Crippen molar-refractivity contribution in [2.45, 2.75) is 39.8 Å². The number of methoxy groups -OCH3 is 1. The van der Waals surface area contributed by atoms with Crippen LogP contribution in [-0.2, 0) is 9.59 Å². The fourth-order valence-corrected chi connectivity index (χ4v) is 2.74. The molecule has 24 heavy (non-hydrogen) atoms. The minimum absolute atomic E-state index is 0.0646. The summed E-state index contributed by atoms with van der Waals surface area (Å²) in [4.78, 5) is 27.2. The Morgan fingerprint density at radius 2 is 1.62 bits per heavy atom. The molecule has 1 aromatic carbocycles. The predicted octanol–water partition coefficient (Wildman–Crippen LogP) is 0.794. The summed E-state index contributed by atoms with van der Waals surface area (Å²) >= 11 is 0. The number of amides is 2. The second kappa shape index (κ2) is 9.27. The third kappa shape index (κ3) is 6.20. The molecule has 1 aromatic rings. The normalized spacial score (nSPS) is 12.2. The monoisotopic (exact) mass is 336 g/mol. The van der Waals surface area contributed by atoms with Crippen molar-refractivity contribution in [2.24, 2.45) is 0 Å². The third-order valence-corrected chi connectivity index (χ3v) is 3.69. The van der Waals surface area contributed by atoms with Gasteiger partial charge in [-0.2, -0.15) is 0 Å². The second-order valence-electron chi connectivity index (χ2n) is 6.58. The van der Waals surface area contributed by atoms with Crippen molar-refractivity contribution in [3.8, 4) is 5.75 Å². The summed E-state index contributed by atoms with van der Waals surface area (Å²) in [6.07, 6.45) is 0. The van der Waals surface area contributed by atoms with Gasteiger partial charge in [-0.05, 0) is 52.0 Å². The minimum atomic E-state index is -0.119. The van der Waals surface area contributed by atoms with Gasteiger partial charge in [0.15, 0.2) is 13.1 Å². The standard InChI is InChI=1S/C18H29N3O3/c1-13(2)21(14(3)4)18(23)12-20(5)11-17(22)19-15-7-9-16(24-6)10-8-15/h7-10,13-14H,11-12H2,1-6H3,(H,19,22)/p+1. The Bertz CT molecular complexity index is 533. The molecular weight excluding hydrogens is 306 g/mol. The highest BCUT2D eigenvalue weighted by molar-refractivity contribution is 5.91. The maximum atomic E-state index is 12.4. The largest absolute Gasteiger partial charge is 0.497 e. The van der Waals surface area contributed by atoms with Crippen molar-refractivity contribution in [1.29, 1.82) is 0 Å². The van der Waals surface area contributed by atoms with Crippen LogP contribution < -0.4 is 15.0 Å². The van der Waals surface area contributed by atoms with Crippen LogP contribution in [0.3, 0.4) is 0 Å². The zero-order valence-corrected chi connectivity index (χ0v) is 15.6. The van der Waals surface area contributed by atoms with E-state index >= 15 is 0 Å². The quantitative estimate of drug-likeness (QED) is 0.738. The summed E-state index contributed by atoms with van der Waals surface area (Å²) < 4.78 is 5.08. The van der Waals surface area contributed by atoms with Gasteiger partial charge in [0.2, 0.25) is 0 Å². The first-order valence-electron chi connectivity index (χ1n) is 8.31. The number of carbonyl (C=O) groups is 2. The number of nitrogens with zero attached hydrogens (tertiary/aromatic N) is 1. The predicted molar refractivity (Wildman–Crippen MR) is 95.4 cm³/mol. The molecule has 0 bridgehead atoms. The lowest BCUT2D eigenvalue weighted by atomic mass is 10.2. The summed E-state index contributed by atoms with van der Waals surface area (Å²) in [7, 11) is 3.45. The van der Waals surface area contributed by atoms with E-state index in [1.165, 1.54) is 0 Å². The van der Waals surface area contributed by atoms with Gasteiger partial charge in [-0.1, -0.05) is 0 Å². The molecule has 2 N–H and O–H groups in total. The molecule has 2 amide bonds. The van der Waals surface area contributed by atoms with Crippen molar-refractivity contribution < 1.29 is 19.2 Å². The van der Waals surface area contributed by atoms with E-state index in [1.807, 2.05) is 39.6 Å². The van der Waals surface area contributed by atoms with Crippen molar-refractivity contribution >= 4 is 17.5 Å². The number of carbonyl (C=O) groups excluding carboxylic acids is 2. The van der Waals surface area contributed by atoms with Crippen LogP contribution >= 0.6 is 0 Å². The smallest absolute Gasteiger partial charge is 0.279 e. The number of anilines is 1. The molecule has 0 aliphatic carbocycles. The van der Waals surface area contributed by atoms with Crippen molar-refractivity contribution in [3.05, 3.63) is 24.3 Å². The minimum Gasteiger partial charge on any atom is -0.497 e. The van der Waals surface area contributed by atoms with Crippen LogP contribution in [0.1, 0.15) is 27.7 Å². The Balaban J connectivity index is 2.52. The van der Waals surface area contributed by atoms with E-state index in [-0.39, 0.29) is 30.4 Å². The summed E-state index contributed by atoms with van der Waals surface area (Å²) in [6, 6.07) is 7.46. The zero-order chi connectivity index (χ0) is 18.3. The maximum absolute atomic E-state index is 12.4. The van der Waals surface area contributed by atoms with Gasteiger partial charge in [0, 0.05) is 17.8 Å². The number of benzene rings is 1. The number of quaternary nitrogens is 1. The lowest BCUT2D eigenvalue weighted by Gasteiger charge is -2.31. The third-order valence-electron chi connectivity index (χ3n) is 3.69. The van der Waals surface area contributed by atoms with Crippen LogP contribution in [0, 0.1) is 0 Å². The average Bonchev–Trinajstić information content (AvgIpc) is 2.46. The molecule has 0 spiro atoms. The number of hydrogen-bond donors (Lipinski definition) is 2. The molecule has 0 radical (unpaired) electrons. The zero-order valence-electron chi connectivity index (χ0n) is 15.6. The number of rotatable bonds is 8. The van der Waals surface area contributed by atoms with Gasteiger partial charge in [0.05, 0.1) is 14.2 Å². The fraction of sp³-hybridized carbons (Fsp3) is 0.556. The average molecular weight is 336 g/mol. The first-order valence-corrected chi connectivity index (χ1v) is 8.31. The van der Waals surface area contributed by atoms with Gasteiger partial charge < -0.3 is 19.9 Å². The number of likely N-dealkylation sites (N-methyl/N-ethyl adjacent to an activating group) is 1. The van der Waals surface area contributed by atoms with Gasteiger partial charge in [-0.25, -0.2) is 0 Å². The molecule has 0 saturated carbocycles. The molecule has 0 aromatic heterocycles. The van der Waals surface area contributed by atoms with Crippen molar-refractivity contribution in [3.63, 3.8) is 0 Å². The van der Waals surface area contributed by atoms with Gasteiger partial charge in [-0.15, -0.1) is 0 Å². The molecule has 0 aliphatic rings. The Hall–Kier alpha value is -2.08. The van der Waals surface area contributed by atoms with E-state index < -0.39 is 0 Å². The molecule has 1 atom stereocenters. The number of nitrogens with one attached hydrogen (secondary N) is 2. The van der Waals surface area contributed by atoms with Crippen LogP contribution in [0.25, 0.3) is 0 Å². The van der Waals surface area contributed by atoms with Gasteiger partial charge in [0.25, 0.3) is 11.8 Å². The Morgan fingerprint density at radius 3 is 2.08 bits per heavy atom. The number of ether oxygens (including phenoxy) is 1. The van der Waals surface area contributed by atoms with Crippen LogP contribution in [-0.4, -0.2) is 56.0 Å². The van der Waals surface area contributed by atoms with Crippen LogP contribution in [0.5, 0.6) is 5.75 Å². The topological polar surface area (TPSA) is 63.1 Å². The molecule has 1 rings (SSSR count). The van der Waals surface area contributed by atoms with Gasteiger partial charge in [-0.3, -0.25) is 9.59 Å². The molecule has 0 heterocycles. The van der Waals surface area contributed by atoms with Gasteiger partial charge >= 0.3 is 0 Å². The first-order chi connectivity index (χ1) is 11.2. The van der Waals surface area contributed by atoms with E-state index in [0.717, 1.165) is 10.6 Å². The van der Waals surface area contributed by atoms with Crippen LogP contribution in [0.15, 0.2) is 24.3 Å². The molecular formula is C18H30N3O3+. The summed E-state index contributed by atoms with van der Waals surface area (Å²) in [5, 5.41) is 2.83. The van der Waals surface area contributed by atoms with Crippen LogP contribution in [0.4, 0.5) is 5.69 Å². The SMILES string of the molecule is COc1ccc(NC(=O)C[NH+](C)CC(=O)N(C(C)C)C(C)C)cc1. The maximum Gasteiger partial charge on any atom is 0.279 e. The molecule has 6 heteroatoms. The summed E-state index contributed by atoms with van der Waals surface area (Å²) in [5.74, 6) is 0.685. The second-order valence-corrected chi connectivity index (χ2v) is 6.58. The van der Waals surface area contributed by atoms with Crippen molar-refractivity contribution in [1.82, 2.24) is 4.90 Å².